The summed E-state index contributed by atoms with van der Waals surface area (Å²) < 4.78 is 49.8. The summed E-state index contributed by atoms with van der Waals surface area (Å²) >= 11 is 0. The highest BCUT2D eigenvalue weighted by Crippen LogP contribution is 2.43. The van der Waals surface area contributed by atoms with E-state index in [0.717, 1.165) is 5.56 Å². The number of alkyl halides is 2. The zero-order valence-electron chi connectivity index (χ0n) is 23.6. The number of ether oxygens (including phenoxy) is 3. The monoisotopic (exact) mass is 576 g/mol. The first-order chi connectivity index (χ1) is 20.2. The Morgan fingerprint density at radius 3 is 2.64 bits per heavy atom. The lowest BCUT2D eigenvalue weighted by Crippen LogP contribution is -2.52. The van der Waals surface area contributed by atoms with E-state index in [-0.39, 0.29) is 24.8 Å². The van der Waals surface area contributed by atoms with Gasteiger partial charge in [0.05, 0.1) is 23.6 Å². The number of anilines is 2. The molecule has 13 heteroatoms. The van der Waals surface area contributed by atoms with Gasteiger partial charge in [0.15, 0.2) is 23.3 Å². The molecule has 4 heterocycles. The molecule has 6 rings (SSSR count). The Morgan fingerprint density at radius 2 is 1.86 bits per heavy atom. The van der Waals surface area contributed by atoms with Gasteiger partial charge in [-0.1, -0.05) is 0 Å². The molecule has 3 aromatic heterocycles. The molecule has 1 saturated heterocycles. The largest absolute Gasteiger partial charge is 0.487 e. The van der Waals surface area contributed by atoms with E-state index in [9.17, 15) is 0 Å². The maximum Gasteiger partial charge on any atom is 0.296 e. The number of likely N-dealkylation sites (tertiary alicyclic amines) is 1. The molecule has 1 N–H and O–H groups in total. The number of nitrogens with one attached hydrogen (secondary N) is 1. The number of piperidine rings is 1. The molecule has 0 spiro atoms. The Balaban J connectivity index is 1.33. The van der Waals surface area contributed by atoms with Gasteiger partial charge in [-0.15, -0.1) is 0 Å². The predicted molar refractivity (Wildman–Crippen MR) is 152 cm³/mol. The third-order valence-electron chi connectivity index (χ3n) is 6.87. The molecule has 0 radical (unpaired) electrons. The van der Waals surface area contributed by atoms with Crippen molar-refractivity contribution in [1.82, 2.24) is 34.4 Å². The Kier molecular flexibility index (Phi) is 7.19. The SMILES string of the molecule is Cc1cc(Nc2ncnc3ccc(OC(C)C)c(O[C@H]4CCN(C)CC4(F)F)c23)ccc1Oc1cc2ncnn2cn1. The van der Waals surface area contributed by atoms with E-state index < -0.39 is 12.0 Å². The maximum atomic E-state index is 15.1. The Labute approximate surface area is 240 Å². The van der Waals surface area contributed by atoms with Gasteiger partial charge in [-0.2, -0.15) is 5.10 Å². The lowest BCUT2D eigenvalue weighted by molar-refractivity contribution is -0.135. The normalized spacial score (nSPS) is 17.1. The summed E-state index contributed by atoms with van der Waals surface area (Å²) in [6, 6.07) is 10.7. The minimum Gasteiger partial charge on any atom is -0.487 e. The van der Waals surface area contributed by atoms with Gasteiger partial charge in [-0.25, -0.2) is 33.2 Å². The first-order valence-electron chi connectivity index (χ1n) is 13.5. The van der Waals surface area contributed by atoms with Crippen LogP contribution in [0.25, 0.3) is 16.6 Å². The minimum atomic E-state index is -3.05. The van der Waals surface area contributed by atoms with Crippen LogP contribution in [0, 0.1) is 6.92 Å². The number of hydrogen-bond donors (Lipinski definition) is 1. The number of fused-ring (bicyclic) bond motifs is 2. The van der Waals surface area contributed by atoms with Crippen LogP contribution in [0.1, 0.15) is 25.8 Å². The van der Waals surface area contributed by atoms with Crippen molar-refractivity contribution in [3.63, 3.8) is 0 Å². The molecule has 0 unspecified atom stereocenters. The first-order valence-corrected chi connectivity index (χ1v) is 13.5. The second kappa shape index (κ2) is 11.0. The molecule has 1 atom stereocenters. The van der Waals surface area contributed by atoms with Crippen molar-refractivity contribution in [1.29, 1.82) is 0 Å². The van der Waals surface area contributed by atoms with E-state index >= 15 is 8.78 Å². The molecule has 2 aromatic carbocycles. The van der Waals surface area contributed by atoms with Crippen LogP contribution < -0.4 is 19.5 Å². The quantitative estimate of drug-likeness (QED) is 0.257. The maximum absolute atomic E-state index is 15.1. The molecule has 42 heavy (non-hydrogen) atoms. The Morgan fingerprint density at radius 1 is 1.02 bits per heavy atom. The summed E-state index contributed by atoms with van der Waals surface area (Å²) in [4.78, 5) is 18.9. The van der Waals surface area contributed by atoms with Crippen molar-refractivity contribution in [2.24, 2.45) is 0 Å². The smallest absolute Gasteiger partial charge is 0.296 e. The minimum absolute atomic E-state index is 0.164. The first kappa shape index (κ1) is 27.5. The van der Waals surface area contributed by atoms with Gasteiger partial charge < -0.3 is 24.4 Å². The number of nitrogens with zero attached hydrogens (tertiary/aromatic N) is 7. The van der Waals surface area contributed by atoms with Crippen molar-refractivity contribution >= 4 is 28.1 Å². The van der Waals surface area contributed by atoms with Gasteiger partial charge >= 0.3 is 0 Å². The fourth-order valence-electron chi connectivity index (χ4n) is 4.90. The fraction of sp³-hybridized carbons (Fsp3) is 0.345. The highest BCUT2D eigenvalue weighted by molar-refractivity contribution is 5.97. The number of benzene rings is 2. The Hall–Kier alpha value is -4.65. The molecule has 1 aliphatic heterocycles. The molecule has 5 aromatic rings. The van der Waals surface area contributed by atoms with Crippen LogP contribution in [0.15, 0.2) is 55.4 Å². The number of aryl methyl sites for hydroxylation is 1. The zero-order valence-corrected chi connectivity index (χ0v) is 23.6. The molecule has 1 aliphatic rings. The van der Waals surface area contributed by atoms with Crippen LogP contribution in [0.5, 0.6) is 23.1 Å². The molecule has 1 fully saturated rings. The second-order valence-corrected chi connectivity index (χ2v) is 10.6. The fourth-order valence-corrected chi connectivity index (χ4v) is 4.90. The summed E-state index contributed by atoms with van der Waals surface area (Å²) in [5.74, 6) is -1.13. The van der Waals surface area contributed by atoms with Crippen LogP contribution in [0.4, 0.5) is 20.3 Å². The Bertz CT molecular complexity index is 1750. The second-order valence-electron chi connectivity index (χ2n) is 10.6. The van der Waals surface area contributed by atoms with Gasteiger partial charge in [0.25, 0.3) is 5.92 Å². The van der Waals surface area contributed by atoms with Gasteiger partial charge in [-0.05, 0) is 63.7 Å². The third kappa shape index (κ3) is 5.59. The third-order valence-corrected chi connectivity index (χ3v) is 6.87. The van der Waals surface area contributed by atoms with Gasteiger partial charge in [-0.3, -0.25) is 0 Å². The molecule has 218 valence electrons. The van der Waals surface area contributed by atoms with E-state index in [1.807, 2.05) is 32.9 Å². The number of hydrogen-bond acceptors (Lipinski definition) is 10. The van der Waals surface area contributed by atoms with Crippen LogP contribution in [0.2, 0.25) is 0 Å². The van der Waals surface area contributed by atoms with Gasteiger partial charge in [0.1, 0.15) is 30.5 Å². The average Bonchev–Trinajstić information content (AvgIpc) is 3.40. The lowest BCUT2D eigenvalue weighted by atomic mass is 10.0. The van der Waals surface area contributed by atoms with Crippen LogP contribution in [-0.4, -0.2) is 72.7 Å². The van der Waals surface area contributed by atoms with Gasteiger partial charge in [0, 0.05) is 24.7 Å². The number of rotatable bonds is 8. The van der Waals surface area contributed by atoms with Crippen LogP contribution in [0.3, 0.4) is 0 Å². The summed E-state index contributed by atoms with van der Waals surface area (Å²) in [6.45, 7) is 5.73. The van der Waals surface area contributed by atoms with E-state index in [0.29, 0.717) is 52.0 Å². The topological polar surface area (TPSA) is 112 Å². The zero-order chi connectivity index (χ0) is 29.4. The number of aromatic nitrogens is 6. The predicted octanol–water partition coefficient (Wildman–Crippen LogP) is 5.42. The van der Waals surface area contributed by atoms with E-state index in [1.165, 1.54) is 19.0 Å². The number of halogens is 2. The van der Waals surface area contributed by atoms with Crippen molar-refractivity contribution in [3.05, 3.63) is 60.9 Å². The molecule has 0 amide bonds. The van der Waals surface area contributed by atoms with E-state index in [1.54, 1.807) is 40.7 Å². The average molecular weight is 577 g/mol. The van der Waals surface area contributed by atoms with Crippen molar-refractivity contribution in [3.8, 4) is 23.1 Å². The summed E-state index contributed by atoms with van der Waals surface area (Å²) in [7, 11) is 1.68. The highest BCUT2D eigenvalue weighted by atomic mass is 19.3. The molecule has 11 nitrogen and oxygen atoms in total. The van der Waals surface area contributed by atoms with Crippen molar-refractivity contribution < 1.29 is 23.0 Å². The molecule has 0 aliphatic carbocycles. The standard InChI is InChI=1S/C29H30F2N8O3/c1-17(2)40-22-8-6-20-26(27(22)42-23-9-10-38(4)13-29(23,30)31)28(34-14-32-20)37-19-5-7-21(18(3)11-19)41-25-12-24-33-15-36-39(24)16-35-25/h5-8,11-12,14-17,23H,9-10,13H2,1-4H3,(H,32,34,37)/t23-/m0/s1. The molecule has 0 bridgehead atoms. The molecule has 0 saturated carbocycles. The van der Waals surface area contributed by atoms with Crippen LogP contribution in [-0.2, 0) is 0 Å². The van der Waals surface area contributed by atoms with E-state index in [4.69, 9.17) is 14.2 Å². The summed E-state index contributed by atoms with van der Waals surface area (Å²) in [5.41, 5.74) is 2.67. The summed E-state index contributed by atoms with van der Waals surface area (Å²) in [6.07, 6.45) is 3.01. The molecular weight excluding hydrogens is 546 g/mol. The highest BCUT2D eigenvalue weighted by Gasteiger charge is 2.46. The van der Waals surface area contributed by atoms with Gasteiger partial charge in [0.2, 0.25) is 5.88 Å². The van der Waals surface area contributed by atoms with Crippen molar-refractivity contribution in [2.75, 3.05) is 25.5 Å². The van der Waals surface area contributed by atoms with Crippen molar-refractivity contribution in [2.45, 2.75) is 45.3 Å². The van der Waals surface area contributed by atoms with E-state index in [2.05, 4.69) is 30.4 Å². The summed E-state index contributed by atoms with van der Waals surface area (Å²) in [5, 5.41) is 7.80. The molecular formula is C29H30F2N8O3. The lowest BCUT2D eigenvalue weighted by Gasteiger charge is -2.36. The van der Waals surface area contributed by atoms with Crippen LogP contribution >= 0.6 is 0 Å².